The molecule has 108 valence electrons. The van der Waals surface area contributed by atoms with Crippen molar-refractivity contribution in [3.05, 3.63) is 47.3 Å². The van der Waals surface area contributed by atoms with Crippen molar-refractivity contribution in [1.29, 1.82) is 0 Å². The third-order valence-corrected chi connectivity index (χ3v) is 5.13. The highest BCUT2D eigenvalue weighted by atomic mass is 31.2. The number of carbonyl (C=O) groups excluding carboxylic acids is 1. The molecule has 1 heterocycles. The van der Waals surface area contributed by atoms with Crippen molar-refractivity contribution in [3.8, 4) is 0 Å². The van der Waals surface area contributed by atoms with Crippen LogP contribution in [0.4, 0.5) is 4.79 Å². The molecule has 0 atom stereocenters. The van der Waals surface area contributed by atoms with Crippen molar-refractivity contribution in [2.24, 2.45) is 0 Å². The van der Waals surface area contributed by atoms with E-state index in [9.17, 15) is 9.36 Å². The van der Waals surface area contributed by atoms with E-state index in [1.165, 1.54) is 0 Å². The summed E-state index contributed by atoms with van der Waals surface area (Å²) < 4.78 is 17.2. The fourth-order valence-corrected chi connectivity index (χ4v) is 3.28. The van der Waals surface area contributed by atoms with Crippen LogP contribution in [0.25, 0.3) is 0 Å². The van der Waals surface area contributed by atoms with Crippen LogP contribution in [0.3, 0.4) is 0 Å². The van der Waals surface area contributed by atoms with Crippen LogP contribution in [0.1, 0.15) is 12.0 Å². The number of rotatable bonds is 3. The Hall–Kier alpha value is -1.54. The molecule has 0 fully saturated rings. The molecule has 0 radical (unpaired) electrons. The zero-order valence-electron chi connectivity index (χ0n) is 11.9. The van der Waals surface area contributed by atoms with Gasteiger partial charge in [-0.25, -0.2) is 4.79 Å². The summed E-state index contributed by atoms with van der Waals surface area (Å²) in [4.78, 5) is 13.6. The number of benzene rings is 1. The first-order chi connectivity index (χ1) is 9.47. The van der Waals surface area contributed by atoms with Crippen molar-refractivity contribution >= 4 is 13.2 Å². The van der Waals surface area contributed by atoms with Gasteiger partial charge in [-0.2, -0.15) is 0 Å². The van der Waals surface area contributed by atoms with E-state index in [-0.39, 0.29) is 12.7 Å². The molecular weight excluding hydrogens is 273 g/mol. The van der Waals surface area contributed by atoms with E-state index in [0.29, 0.717) is 19.5 Å². The molecule has 0 saturated heterocycles. The average molecular weight is 293 g/mol. The first-order valence-electron chi connectivity index (χ1n) is 6.67. The van der Waals surface area contributed by atoms with Crippen molar-refractivity contribution in [3.63, 3.8) is 0 Å². The summed E-state index contributed by atoms with van der Waals surface area (Å²) in [5.74, 6) is 0. The maximum atomic E-state index is 12.0. The normalized spacial score (nSPS) is 15.7. The lowest BCUT2D eigenvalue weighted by atomic mass is 10.2. The largest absolute Gasteiger partial charge is 0.445 e. The molecule has 1 aliphatic heterocycles. The van der Waals surface area contributed by atoms with Crippen molar-refractivity contribution in [1.82, 2.24) is 4.90 Å². The summed E-state index contributed by atoms with van der Waals surface area (Å²) in [6.45, 7) is 4.87. The van der Waals surface area contributed by atoms with Gasteiger partial charge in [0.15, 0.2) is 0 Å². The third-order valence-electron chi connectivity index (χ3n) is 3.34. The lowest BCUT2D eigenvalue weighted by molar-refractivity contribution is 0.0992. The van der Waals surface area contributed by atoms with Gasteiger partial charge in [-0.1, -0.05) is 36.4 Å². The molecule has 0 N–H and O–H groups in total. The van der Waals surface area contributed by atoms with Crippen LogP contribution in [0.2, 0.25) is 0 Å². The maximum Gasteiger partial charge on any atom is 0.410 e. The highest BCUT2D eigenvalue weighted by molar-refractivity contribution is 7.66. The Morgan fingerprint density at radius 2 is 2.00 bits per heavy atom. The van der Waals surface area contributed by atoms with E-state index in [2.05, 4.69) is 0 Å². The van der Waals surface area contributed by atoms with E-state index < -0.39 is 7.14 Å². The molecule has 0 aliphatic carbocycles. The van der Waals surface area contributed by atoms with Crippen LogP contribution < -0.4 is 0 Å². The maximum absolute atomic E-state index is 12.0. The van der Waals surface area contributed by atoms with Crippen LogP contribution >= 0.6 is 7.14 Å². The molecular formula is C15H20NO3P. The first-order valence-corrected chi connectivity index (χ1v) is 9.27. The zero-order valence-corrected chi connectivity index (χ0v) is 12.8. The fourth-order valence-electron chi connectivity index (χ4n) is 2.12. The zero-order chi connectivity index (χ0) is 14.6. The molecule has 2 rings (SSSR count). The number of carbonyl (C=O) groups is 1. The monoisotopic (exact) mass is 293 g/mol. The lowest BCUT2D eigenvalue weighted by Gasteiger charge is -2.27. The van der Waals surface area contributed by atoms with E-state index in [0.717, 1.165) is 10.9 Å². The molecule has 1 aromatic rings. The van der Waals surface area contributed by atoms with Gasteiger partial charge in [0.05, 0.1) is 0 Å². The number of ether oxygens (including phenoxy) is 1. The summed E-state index contributed by atoms with van der Waals surface area (Å²) in [7, 11) is -2.18. The van der Waals surface area contributed by atoms with Gasteiger partial charge in [-0.15, -0.1) is 0 Å². The molecule has 5 heteroatoms. The minimum absolute atomic E-state index is 0.285. The second-order valence-electron chi connectivity index (χ2n) is 5.28. The summed E-state index contributed by atoms with van der Waals surface area (Å²) in [5, 5.41) is 0.976. The minimum Gasteiger partial charge on any atom is -0.445 e. The molecule has 1 amide bonds. The van der Waals surface area contributed by atoms with Gasteiger partial charge in [0.2, 0.25) is 0 Å². The fraction of sp³-hybridized carbons (Fsp3) is 0.400. The van der Waals surface area contributed by atoms with Crippen molar-refractivity contribution in [2.75, 3.05) is 26.4 Å². The molecule has 0 unspecified atom stereocenters. The average Bonchev–Trinajstić information content (AvgIpc) is 2.45. The van der Waals surface area contributed by atoms with Crippen LogP contribution in [-0.4, -0.2) is 37.4 Å². The lowest BCUT2D eigenvalue weighted by Crippen LogP contribution is -2.35. The summed E-state index contributed by atoms with van der Waals surface area (Å²) in [6, 6.07) is 9.60. The smallest absolute Gasteiger partial charge is 0.410 e. The van der Waals surface area contributed by atoms with Gasteiger partial charge in [0.25, 0.3) is 0 Å². The van der Waals surface area contributed by atoms with E-state index in [1.807, 2.05) is 36.4 Å². The molecule has 0 bridgehead atoms. The van der Waals surface area contributed by atoms with E-state index in [1.54, 1.807) is 18.2 Å². The second kappa shape index (κ2) is 6.27. The number of hydrogen-bond donors (Lipinski definition) is 0. The Morgan fingerprint density at radius 3 is 2.55 bits per heavy atom. The van der Waals surface area contributed by atoms with Crippen LogP contribution in [0.15, 0.2) is 41.7 Å². The highest BCUT2D eigenvalue weighted by Crippen LogP contribution is 2.48. The Labute approximate surface area is 119 Å². The van der Waals surface area contributed by atoms with Gasteiger partial charge in [0.1, 0.15) is 13.7 Å². The standard InChI is InChI=1S/C15H20NO3P/c1-20(2,18)14-8-10-16(11-9-14)15(17)19-12-13-6-4-3-5-7-13/h3-8H,9-12H2,1-2H3. The van der Waals surface area contributed by atoms with Crippen molar-refractivity contribution < 1.29 is 14.1 Å². The second-order valence-corrected chi connectivity index (χ2v) is 8.56. The van der Waals surface area contributed by atoms with Gasteiger partial charge < -0.3 is 14.2 Å². The SMILES string of the molecule is CP(C)(=O)C1=CCN(C(=O)OCc2ccccc2)CC1. The minimum atomic E-state index is -2.18. The highest BCUT2D eigenvalue weighted by Gasteiger charge is 2.23. The molecule has 1 aromatic carbocycles. The van der Waals surface area contributed by atoms with Gasteiger partial charge in [-0.3, -0.25) is 0 Å². The third kappa shape index (κ3) is 3.97. The van der Waals surface area contributed by atoms with Crippen LogP contribution in [0, 0.1) is 0 Å². The number of hydrogen-bond acceptors (Lipinski definition) is 3. The van der Waals surface area contributed by atoms with Gasteiger partial charge in [-0.05, 0) is 30.6 Å². The van der Waals surface area contributed by atoms with Crippen molar-refractivity contribution in [2.45, 2.75) is 13.0 Å². The predicted molar refractivity (Wildman–Crippen MR) is 80.4 cm³/mol. The Kier molecular flexibility index (Phi) is 4.66. The molecule has 1 aliphatic rings. The Balaban J connectivity index is 1.86. The molecule has 4 nitrogen and oxygen atoms in total. The number of amides is 1. The van der Waals surface area contributed by atoms with Gasteiger partial charge >= 0.3 is 6.09 Å². The van der Waals surface area contributed by atoms with Crippen LogP contribution in [-0.2, 0) is 15.9 Å². The predicted octanol–water partition coefficient (Wildman–Crippen LogP) is 3.54. The molecule has 0 spiro atoms. The molecule has 20 heavy (non-hydrogen) atoms. The summed E-state index contributed by atoms with van der Waals surface area (Å²) in [6.07, 6.45) is 2.25. The summed E-state index contributed by atoms with van der Waals surface area (Å²) >= 11 is 0. The Bertz CT molecular complexity index is 547. The number of nitrogens with zero attached hydrogens (tertiary/aromatic N) is 1. The molecule has 0 saturated carbocycles. The van der Waals surface area contributed by atoms with Gasteiger partial charge in [0, 0.05) is 13.1 Å². The quantitative estimate of drug-likeness (QED) is 0.801. The van der Waals surface area contributed by atoms with Crippen LogP contribution in [0.5, 0.6) is 0 Å². The molecule has 0 aromatic heterocycles. The Morgan fingerprint density at radius 1 is 1.30 bits per heavy atom. The van der Waals surface area contributed by atoms with E-state index in [4.69, 9.17) is 4.74 Å². The van der Waals surface area contributed by atoms with E-state index >= 15 is 0 Å². The summed E-state index contributed by atoms with van der Waals surface area (Å²) in [5.41, 5.74) is 0.973. The topological polar surface area (TPSA) is 46.6 Å². The first kappa shape index (κ1) is 14.9.